The number of sulfonamides is 2. The average Bonchev–Trinajstić information content (AvgIpc) is 2.82. The molecule has 3 aromatic rings. The van der Waals surface area contributed by atoms with Gasteiger partial charge in [0, 0.05) is 11.1 Å². The van der Waals surface area contributed by atoms with Crippen molar-refractivity contribution in [3.63, 3.8) is 0 Å². The van der Waals surface area contributed by atoms with Crippen LogP contribution in [-0.4, -0.2) is 16.8 Å². The van der Waals surface area contributed by atoms with Gasteiger partial charge >= 0.3 is 0 Å². The van der Waals surface area contributed by atoms with Gasteiger partial charge in [0.25, 0.3) is 0 Å². The van der Waals surface area contributed by atoms with Crippen LogP contribution in [0.1, 0.15) is 11.1 Å². The summed E-state index contributed by atoms with van der Waals surface area (Å²) in [4.78, 5) is -0.452. The number of fused-ring (bicyclic) bond motifs is 1. The van der Waals surface area contributed by atoms with Gasteiger partial charge in [0.15, 0.2) is 0 Å². The molecule has 0 spiro atoms. The van der Waals surface area contributed by atoms with E-state index in [1.807, 2.05) is 26.0 Å². The van der Waals surface area contributed by atoms with E-state index in [2.05, 4.69) is 4.13 Å². The molecule has 27 heavy (non-hydrogen) atoms. The van der Waals surface area contributed by atoms with E-state index in [4.69, 9.17) is 0 Å². The van der Waals surface area contributed by atoms with Crippen molar-refractivity contribution in [2.45, 2.75) is 23.6 Å². The third-order valence-corrected chi connectivity index (χ3v) is 8.36. The summed E-state index contributed by atoms with van der Waals surface area (Å²) in [5.74, 6) is 0. The van der Waals surface area contributed by atoms with Gasteiger partial charge in [-0.15, -0.1) is 0 Å². The standard InChI is InChI=1S/C20H16NO4S2/c1-13-14(2)18(16-11-7-4-8-12-16)20-19(26(22,23)21-27(20,24)25)17(13)15-9-5-3-6-10-15/h3-12H,1-2H3/q-1. The zero-order valence-electron chi connectivity index (χ0n) is 14.7. The fourth-order valence-electron chi connectivity index (χ4n) is 3.54. The van der Waals surface area contributed by atoms with E-state index in [0.29, 0.717) is 22.3 Å². The van der Waals surface area contributed by atoms with E-state index >= 15 is 0 Å². The molecule has 0 aromatic heterocycles. The molecule has 1 aliphatic rings. The van der Waals surface area contributed by atoms with E-state index in [1.54, 1.807) is 48.5 Å². The van der Waals surface area contributed by atoms with Crippen molar-refractivity contribution >= 4 is 20.0 Å². The lowest BCUT2D eigenvalue weighted by Gasteiger charge is -2.20. The molecule has 0 saturated heterocycles. The van der Waals surface area contributed by atoms with Crippen LogP contribution in [0.25, 0.3) is 26.4 Å². The Morgan fingerprint density at radius 1 is 0.593 bits per heavy atom. The van der Waals surface area contributed by atoms with Crippen molar-refractivity contribution in [2.24, 2.45) is 0 Å². The van der Waals surface area contributed by atoms with Gasteiger partial charge in [-0.2, -0.15) is 0 Å². The smallest absolute Gasteiger partial charge is 0.114 e. The molecule has 3 aromatic carbocycles. The molecule has 0 bridgehead atoms. The van der Waals surface area contributed by atoms with Gasteiger partial charge in [0.2, 0.25) is 0 Å². The second kappa shape index (κ2) is 6.02. The van der Waals surface area contributed by atoms with E-state index < -0.39 is 20.0 Å². The van der Waals surface area contributed by atoms with Crippen LogP contribution in [0.2, 0.25) is 0 Å². The van der Waals surface area contributed by atoms with E-state index in [-0.39, 0.29) is 9.79 Å². The molecular formula is C20H16NO4S2-. The first-order valence-electron chi connectivity index (χ1n) is 8.26. The number of hydrogen-bond acceptors (Lipinski definition) is 4. The van der Waals surface area contributed by atoms with Crippen molar-refractivity contribution in [2.75, 3.05) is 0 Å². The van der Waals surface area contributed by atoms with Crippen LogP contribution in [0, 0.1) is 13.8 Å². The molecule has 0 radical (unpaired) electrons. The summed E-state index contributed by atoms with van der Waals surface area (Å²) in [5.41, 5.74) is 3.51. The Morgan fingerprint density at radius 2 is 0.926 bits per heavy atom. The normalized spacial score (nSPS) is 16.8. The highest BCUT2D eigenvalue weighted by atomic mass is 32.3. The van der Waals surface area contributed by atoms with Gasteiger partial charge in [-0.3, -0.25) is 0 Å². The van der Waals surface area contributed by atoms with Crippen LogP contribution < -0.4 is 0 Å². The van der Waals surface area contributed by atoms with Crippen LogP contribution >= 0.6 is 0 Å². The molecule has 1 aliphatic heterocycles. The predicted octanol–water partition coefficient (Wildman–Crippen LogP) is 4.40. The van der Waals surface area contributed by atoms with Crippen LogP contribution in [0.15, 0.2) is 70.5 Å². The van der Waals surface area contributed by atoms with Gasteiger partial charge in [0.05, 0.1) is 9.79 Å². The summed E-state index contributed by atoms with van der Waals surface area (Å²) in [5, 5.41) is 0. The minimum atomic E-state index is -4.32. The zero-order valence-corrected chi connectivity index (χ0v) is 16.3. The molecule has 1 heterocycles. The fourth-order valence-corrected chi connectivity index (χ4v) is 7.54. The molecule has 0 N–H and O–H groups in total. The first-order valence-corrected chi connectivity index (χ1v) is 11.1. The van der Waals surface area contributed by atoms with Gasteiger partial charge in [0.1, 0.15) is 20.0 Å². The molecule has 0 amide bonds. The Balaban J connectivity index is 2.26. The number of hydrogen-bond donors (Lipinski definition) is 0. The second-order valence-corrected chi connectivity index (χ2v) is 9.73. The van der Waals surface area contributed by atoms with Crippen molar-refractivity contribution in [3.8, 4) is 22.3 Å². The molecule has 0 atom stereocenters. The first-order chi connectivity index (χ1) is 12.7. The first kappa shape index (κ1) is 17.9. The highest BCUT2D eigenvalue weighted by Crippen LogP contribution is 2.51. The zero-order chi connectivity index (χ0) is 19.4. The summed E-state index contributed by atoms with van der Waals surface area (Å²) in [6.45, 7) is 3.62. The minimum Gasteiger partial charge on any atom is -0.427 e. The third-order valence-electron chi connectivity index (χ3n) is 4.81. The number of rotatable bonds is 2. The third kappa shape index (κ3) is 2.70. The molecule has 0 aliphatic carbocycles. The maximum atomic E-state index is 12.8. The summed E-state index contributed by atoms with van der Waals surface area (Å²) in [6.07, 6.45) is 0. The Bertz CT molecular complexity index is 1160. The molecule has 0 saturated carbocycles. The molecule has 5 nitrogen and oxygen atoms in total. The lowest BCUT2D eigenvalue weighted by molar-refractivity contribution is 0.603. The Morgan fingerprint density at radius 3 is 1.26 bits per heavy atom. The minimum absolute atomic E-state index is 0.226. The largest absolute Gasteiger partial charge is 0.427 e. The second-order valence-electron chi connectivity index (χ2n) is 6.41. The maximum absolute atomic E-state index is 12.8. The van der Waals surface area contributed by atoms with Crippen molar-refractivity contribution in [1.29, 1.82) is 0 Å². The predicted molar refractivity (Wildman–Crippen MR) is 105 cm³/mol. The molecule has 4 rings (SSSR count). The van der Waals surface area contributed by atoms with E-state index in [1.165, 1.54) is 0 Å². The van der Waals surface area contributed by atoms with Crippen LogP contribution in [-0.2, 0) is 20.0 Å². The van der Waals surface area contributed by atoms with Gasteiger partial charge in [-0.1, -0.05) is 60.7 Å². The maximum Gasteiger partial charge on any atom is 0.114 e. The van der Waals surface area contributed by atoms with Gasteiger partial charge in [-0.25, -0.2) is 16.8 Å². The molecular weight excluding hydrogens is 382 g/mol. The monoisotopic (exact) mass is 398 g/mol. The lowest BCUT2D eigenvalue weighted by atomic mass is 9.90. The summed E-state index contributed by atoms with van der Waals surface area (Å²) in [6, 6.07) is 17.9. The Kier molecular flexibility index (Phi) is 3.99. The van der Waals surface area contributed by atoms with Crippen LogP contribution in [0.4, 0.5) is 0 Å². The Labute approximate surface area is 158 Å². The highest BCUT2D eigenvalue weighted by Gasteiger charge is 2.36. The molecule has 0 unspecified atom stereocenters. The lowest BCUT2D eigenvalue weighted by Crippen LogP contribution is -2.04. The van der Waals surface area contributed by atoms with E-state index in [9.17, 15) is 16.8 Å². The van der Waals surface area contributed by atoms with Gasteiger partial charge < -0.3 is 4.13 Å². The highest BCUT2D eigenvalue weighted by molar-refractivity contribution is 8.14. The van der Waals surface area contributed by atoms with Crippen molar-refractivity contribution in [3.05, 3.63) is 75.9 Å². The van der Waals surface area contributed by atoms with E-state index in [0.717, 1.165) is 11.1 Å². The van der Waals surface area contributed by atoms with Crippen LogP contribution in [0.3, 0.4) is 0 Å². The van der Waals surface area contributed by atoms with Gasteiger partial charge in [-0.05, 0) is 36.1 Å². The van der Waals surface area contributed by atoms with Crippen LogP contribution in [0.5, 0.6) is 0 Å². The van der Waals surface area contributed by atoms with Crippen molar-refractivity contribution < 1.29 is 16.8 Å². The quantitative estimate of drug-likeness (QED) is 0.640. The summed E-state index contributed by atoms with van der Waals surface area (Å²) in [7, 11) is -8.65. The summed E-state index contributed by atoms with van der Waals surface area (Å²) < 4.78 is 54.3. The number of benzene rings is 3. The Hall–Kier alpha value is -2.48. The summed E-state index contributed by atoms with van der Waals surface area (Å²) >= 11 is 0. The fraction of sp³-hybridized carbons (Fsp3) is 0.100. The molecule has 138 valence electrons. The molecule has 7 heteroatoms. The number of nitrogens with zero attached hydrogens (tertiary/aromatic N) is 1. The average molecular weight is 398 g/mol. The topological polar surface area (TPSA) is 82.4 Å². The SMILES string of the molecule is Cc1c(C)c(-c2ccccc2)c2c(c1-c1ccccc1)S(=O)(=O)[N-]S2(=O)=O. The molecule has 0 fully saturated rings. The van der Waals surface area contributed by atoms with Crippen molar-refractivity contribution in [1.82, 2.24) is 0 Å².